The first-order valence-corrected chi connectivity index (χ1v) is 25.7. The van der Waals surface area contributed by atoms with Crippen molar-refractivity contribution in [3.05, 3.63) is 166 Å². The van der Waals surface area contributed by atoms with Crippen molar-refractivity contribution in [1.29, 1.82) is 0 Å². The minimum absolute atomic E-state index is 0. The summed E-state index contributed by atoms with van der Waals surface area (Å²) in [6, 6.07) is 35.4. The van der Waals surface area contributed by atoms with Gasteiger partial charge in [0.25, 0.3) is 26.1 Å². The molecule has 0 spiro atoms. The maximum absolute atomic E-state index is 13.4. The smallest absolute Gasteiger partial charge is 0.871 e. The number of carbonyl (C=O) groups is 1. The Morgan fingerprint density at radius 2 is 1.08 bits per heavy atom. The topological polar surface area (TPSA) is 284 Å². The molecular weight excluding hydrogens is 1080 g/mol. The number of fused-ring (bicyclic) bond motifs is 2. The number of phenols is 1. The molecule has 8 rings (SSSR count). The van der Waals surface area contributed by atoms with Gasteiger partial charge in [0.1, 0.15) is 32.7 Å². The van der Waals surface area contributed by atoms with Gasteiger partial charge in [0.15, 0.2) is 5.75 Å². The number of ether oxygens (including phenoxy) is 2. The number of methoxy groups -OCH3 is 2. The van der Waals surface area contributed by atoms with Crippen molar-refractivity contribution >= 4 is 149 Å². The van der Waals surface area contributed by atoms with Crippen LogP contribution in [0.25, 0.3) is 21.5 Å². The van der Waals surface area contributed by atoms with Crippen molar-refractivity contribution in [3.63, 3.8) is 0 Å². The molecule has 0 radical (unpaired) electrons. The van der Waals surface area contributed by atoms with Crippen LogP contribution in [0.1, 0.15) is 40.9 Å². The molecule has 8 aromatic rings. The van der Waals surface area contributed by atoms with Gasteiger partial charge in [-0.15, -0.1) is 5.11 Å². The number of hydrogen-bond acceptors (Lipinski definition) is 15. The molecule has 0 saturated carbocycles. The molecule has 0 aliphatic carbocycles. The number of hydrogen-bond donors (Lipinski definition) is 4. The van der Waals surface area contributed by atoms with Crippen molar-refractivity contribution < 1.29 is 55.5 Å². The normalized spacial score (nSPS) is 11.9. The van der Waals surface area contributed by atoms with Gasteiger partial charge in [-0.1, -0.05) is 116 Å². The van der Waals surface area contributed by atoms with E-state index in [1.165, 1.54) is 38.5 Å². The van der Waals surface area contributed by atoms with E-state index >= 15 is 0 Å². The van der Waals surface area contributed by atoms with Crippen molar-refractivity contribution in [3.8, 4) is 23.0 Å². The molecule has 0 atom stereocenters. The van der Waals surface area contributed by atoms with Crippen LogP contribution in [0.4, 0.5) is 34.1 Å². The second-order valence-electron chi connectivity index (χ2n) is 15.8. The van der Waals surface area contributed by atoms with E-state index in [0.717, 1.165) is 12.1 Å². The van der Waals surface area contributed by atoms with Crippen LogP contribution < -0.4 is 25.0 Å². The maximum atomic E-state index is 13.4. The van der Waals surface area contributed by atoms with Crippen LogP contribution in [-0.2, 0) is 33.1 Å². The van der Waals surface area contributed by atoms with Crippen molar-refractivity contribution in [1.82, 2.24) is 0 Å². The van der Waals surface area contributed by atoms with Gasteiger partial charge in [-0.2, -0.15) is 32.2 Å². The van der Waals surface area contributed by atoms with Crippen LogP contribution in [0, 0.1) is 0 Å². The number of aryl methyl sites for hydroxylation is 2. The first kappa shape index (κ1) is 57.6. The van der Waals surface area contributed by atoms with Crippen LogP contribution in [0.5, 0.6) is 23.0 Å². The van der Waals surface area contributed by atoms with E-state index < -0.39 is 53.3 Å². The molecule has 0 saturated heterocycles. The number of phenolic OH excluding ortho intramolecular Hbond substituents is 1. The number of aromatic hydroxyl groups is 1. The molecule has 0 unspecified atom stereocenters. The third-order valence-electron chi connectivity index (χ3n) is 11.2. The van der Waals surface area contributed by atoms with Gasteiger partial charge < -0.3 is 30.1 Å². The molecule has 0 aliphatic heterocycles. The van der Waals surface area contributed by atoms with Gasteiger partial charge in [0.05, 0.1) is 52.6 Å². The average Bonchev–Trinajstić information content (AvgIpc) is 3.38. The Morgan fingerprint density at radius 1 is 0.627 bits per heavy atom. The van der Waals surface area contributed by atoms with Gasteiger partial charge in [0, 0.05) is 10.8 Å². The average molecular weight is 1120 g/mol. The minimum Gasteiger partial charge on any atom is -0.871 e. The second-order valence-corrected chi connectivity index (χ2v) is 19.3. The standard InChI is InChI=1S/2C26H22ClN3O6S.Ca/c2*1-3-15-12-17(14-22(23(15)27)37(33,34)35)29-30-24-18-9-5-4-8-16(18)13-19(25(24)31)26(32)28-20-10-6-7-11-21(20)36-2;/h2*4-14,31H,3H2,1-2H3,(H,28,32)(H,33,34,35);/q;;+2/p-2. The molecular formula is C52H42CaCl2N6O12S2. The summed E-state index contributed by atoms with van der Waals surface area (Å²) < 4.78 is 76.8. The van der Waals surface area contributed by atoms with E-state index in [4.69, 9.17) is 32.7 Å². The van der Waals surface area contributed by atoms with Crippen LogP contribution >= 0.6 is 23.2 Å². The number of halogens is 2. The van der Waals surface area contributed by atoms with Gasteiger partial charge in [0.2, 0.25) is 0 Å². The molecule has 75 heavy (non-hydrogen) atoms. The summed E-state index contributed by atoms with van der Waals surface area (Å²) in [5.74, 6) is -1.70. The van der Waals surface area contributed by atoms with Crippen LogP contribution in [0.3, 0.4) is 0 Å². The molecule has 8 aromatic carbocycles. The van der Waals surface area contributed by atoms with Crippen LogP contribution in [0.15, 0.2) is 169 Å². The Labute approximate surface area is 470 Å². The molecule has 0 heterocycles. The fourth-order valence-corrected chi connectivity index (χ4v) is 9.81. The van der Waals surface area contributed by atoms with Gasteiger partial charge in [-0.05, 0) is 107 Å². The molecule has 0 aliphatic rings. The summed E-state index contributed by atoms with van der Waals surface area (Å²) in [4.78, 5) is 16.2. The summed E-state index contributed by atoms with van der Waals surface area (Å²) in [7, 11) is -6.32. The first-order chi connectivity index (χ1) is 35.3. The number of azo groups is 2. The van der Waals surface area contributed by atoms with E-state index in [0.29, 0.717) is 62.7 Å². The van der Waals surface area contributed by atoms with Crippen LogP contribution in [-0.4, -0.2) is 94.8 Å². The van der Waals surface area contributed by atoms with Crippen molar-refractivity contribution in [2.24, 2.45) is 25.4 Å². The number of anilines is 1. The molecule has 18 nitrogen and oxygen atoms in total. The fourth-order valence-electron chi connectivity index (χ4n) is 7.49. The number of benzene rings is 8. The minimum atomic E-state index is -4.63. The largest absolute Gasteiger partial charge is 2.00 e. The number of para-hydroxylation sites is 4. The molecule has 0 aromatic heterocycles. The zero-order chi connectivity index (χ0) is 53.5. The zero-order valence-electron chi connectivity index (χ0n) is 40.1. The Kier molecular flexibility index (Phi) is 19.0. The Balaban J connectivity index is 0.000000241. The third kappa shape index (κ3) is 13.2. The summed E-state index contributed by atoms with van der Waals surface area (Å²) >= 11 is 12.2. The predicted molar refractivity (Wildman–Crippen MR) is 285 cm³/mol. The summed E-state index contributed by atoms with van der Waals surface area (Å²) in [5.41, 5.74) is 1.26. The molecule has 380 valence electrons. The number of rotatable bonds is 14. The second kappa shape index (κ2) is 24.7. The Bertz CT molecular complexity index is 3830. The summed E-state index contributed by atoms with van der Waals surface area (Å²) in [6.07, 6.45) is 0.729. The molecule has 1 amide bonds. The number of aliphatic imine (C=N–C) groups is 1. The van der Waals surface area contributed by atoms with Gasteiger partial charge >= 0.3 is 37.7 Å². The van der Waals surface area contributed by atoms with E-state index in [9.17, 15) is 46.1 Å². The molecule has 4 N–H and O–H groups in total. The number of carbonyl (C=O) groups excluding carboxylic acids is 1. The van der Waals surface area contributed by atoms with E-state index in [1.54, 1.807) is 111 Å². The van der Waals surface area contributed by atoms with E-state index in [-0.39, 0.29) is 87.3 Å². The third-order valence-corrected chi connectivity index (χ3v) is 14.0. The number of nitrogens with one attached hydrogen (secondary N) is 1. The predicted octanol–water partition coefficient (Wildman–Crippen LogP) is 11.5. The van der Waals surface area contributed by atoms with E-state index in [1.807, 2.05) is 0 Å². The van der Waals surface area contributed by atoms with Crippen molar-refractivity contribution in [2.45, 2.75) is 36.5 Å². The quantitative estimate of drug-likeness (QED) is 0.0260. The van der Waals surface area contributed by atoms with Crippen LogP contribution in [0.2, 0.25) is 10.0 Å². The van der Waals surface area contributed by atoms with Crippen molar-refractivity contribution in [2.75, 3.05) is 19.5 Å². The zero-order valence-corrected chi connectivity index (χ0v) is 45.5. The molecule has 0 bridgehead atoms. The molecule has 23 heteroatoms. The van der Waals surface area contributed by atoms with Gasteiger partial charge in [-0.25, -0.2) is 0 Å². The first-order valence-electron chi connectivity index (χ1n) is 22.0. The van der Waals surface area contributed by atoms with E-state index in [2.05, 4.69) is 30.8 Å². The number of amides is 1. The molecule has 0 fully saturated rings. The summed E-state index contributed by atoms with van der Waals surface area (Å²) in [5, 5.41) is 58.5. The Hall–Kier alpha value is -6.72. The summed E-state index contributed by atoms with van der Waals surface area (Å²) in [6.45, 7) is 3.51. The Morgan fingerprint density at radius 3 is 1.60 bits per heavy atom. The monoisotopic (exact) mass is 1120 g/mol. The number of nitrogens with zero attached hydrogens (tertiary/aromatic N) is 5. The van der Waals surface area contributed by atoms with Gasteiger partial charge in [-0.3, -0.25) is 18.9 Å². The fraction of sp³-hybridized carbons (Fsp3) is 0.115. The SMILES string of the molecule is CCc1cc(N=Nc2c(O)c(C(=O)Nc3ccccc3OC)cc3ccccc23)cc(S(=O)(=O)O)c1Cl.CCc1cc(N=Nc2c([O-])c(C([O-])=Nc3ccccc3OC)cc3ccccc23)cc(S(=O)(=O)O)c1Cl.[Ca+2]. The maximum Gasteiger partial charge on any atom is 2.00 e.